The van der Waals surface area contributed by atoms with Crippen LogP contribution in [0.1, 0.15) is 11.1 Å². The lowest BCUT2D eigenvalue weighted by Gasteiger charge is -2.09. The van der Waals surface area contributed by atoms with Gasteiger partial charge in [0.2, 0.25) is 0 Å². The topological polar surface area (TPSA) is 64.9 Å². The first-order valence-corrected chi connectivity index (χ1v) is 8.57. The molecule has 2 N–H and O–H groups in total. The number of rotatable bonds is 4. The van der Waals surface area contributed by atoms with E-state index in [1.807, 2.05) is 50.2 Å². The number of nitrogens with zero attached hydrogens (tertiary/aromatic N) is 1. The molecule has 0 aliphatic carbocycles. The average molecular weight is 452 g/mol. The number of amides is 1. The van der Waals surface area contributed by atoms with E-state index >= 15 is 0 Å². The van der Waals surface area contributed by atoms with E-state index in [-0.39, 0.29) is 5.57 Å². The molecular formula is C18H15ClIN3O. The van der Waals surface area contributed by atoms with E-state index in [2.05, 4.69) is 33.2 Å². The molecule has 0 aromatic heterocycles. The molecule has 0 bridgehead atoms. The van der Waals surface area contributed by atoms with Crippen LogP contribution in [0, 0.1) is 28.7 Å². The smallest absolute Gasteiger partial charge is 0.267 e. The Kier molecular flexibility index (Phi) is 6.23. The molecule has 0 heterocycles. The Morgan fingerprint density at radius 1 is 1.21 bits per heavy atom. The van der Waals surface area contributed by atoms with Crippen LogP contribution in [-0.2, 0) is 4.79 Å². The van der Waals surface area contributed by atoms with Crippen LogP contribution in [0.5, 0.6) is 0 Å². The van der Waals surface area contributed by atoms with Gasteiger partial charge in [-0.2, -0.15) is 5.26 Å². The number of anilines is 2. The van der Waals surface area contributed by atoms with Crippen molar-refractivity contribution in [3.63, 3.8) is 0 Å². The molecule has 2 rings (SSSR count). The van der Waals surface area contributed by atoms with E-state index in [1.165, 1.54) is 6.20 Å². The summed E-state index contributed by atoms with van der Waals surface area (Å²) in [5.41, 5.74) is 3.26. The van der Waals surface area contributed by atoms with Crippen molar-refractivity contribution >= 4 is 51.5 Å². The predicted octanol–water partition coefficient (Wildman–Crippen LogP) is 5.02. The van der Waals surface area contributed by atoms with Crippen molar-refractivity contribution in [2.45, 2.75) is 13.8 Å². The maximum atomic E-state index is 12.3. The lowest BCUT2D eigenvalue weighted by molar-refractivity contribution is -0.112. The summed E-state index contributed by atoms with van der Waals surface area (Å²) in [7, 11) is 0. The number of aryl methyl sites for hydroxylation is 2. The number of hydrogen-bond acceptors (Lipinski definition) is 3. The number of nitrogens with one attached hydrogen (secondary N) is 2. The van der Waals surface area contributed by atoms with Crippen molar-refractivity contribution in [3.8, 4) is 6.07 Å². The van der Waals surface area contributed by atoms with Crippen LogP contribution in [0.2, 0.25) is 5.02 Å². The van der Waals surface area contributed by atoms with Crippen molar-refractivity contribution in [1.29, 1.82) is 5.26 Å². The van der Waals surface area contributed by atoms with E-state index < -0.39 is 5.91 Å². The van der Waals surface area contributed by atoms with E-state index in [9.17, 15) is 10.1 Å². The highest BCUT2D eigenvalue weighted by molar-refractivity contribution is 14.1. The number of halogens is 2. The van der Waals surface area contributed by atoms with Gasteiger partial charge in [-0.3, -0.25) is 4.79 Å². The summed E-state index contributed by atoms with van der Waals surface area (Å²) in [6.45, 7) is 3.81. The monoisotopic (exact) mass is 451 g/mol. The highest BCUT2D eigenvalue weighted by Crippen LogP contribution is 2.21. The second kappa shape index (κ2) is 8.18. The number of carbonyl (C=O) groups is 1. The molecular weight excluding hydrogens is 437 g/mol. The molecule has 4 nitrogen and oxygen atoms in total. The maximum absolute atomic E-state index is 12.3. The van der Waals surface area contributed by atoms with Crippen LogP contribution in [0.4, 0.5) is 11.4 Å². The Hall–Kier alpha value is -2.04. The van der Waals surface area contributed by atoms with Crippen LogP contribution < -0.4 is 10.6 Å². The standard InChI is InChI=1S/C18H15ClIN3O/c1-11-3-5-15(8-16(11)19)22-10-13(9-21)18(24)23-17-6-4-14(20)7-12(17)2/h3-8,10,22H,1-2H3,(H,23,24)/b13-10-. The highest BCUT2D eigenvalue weighted by atomic mass is 127. The fourth-order valence-corrected chi connectivity index (χ4v) is 2.77. The average Bonchev–Trinajstić information content (AvgIpc) is 2.54. The second-order valence-electron chi connectivity index (χ2n) is 5.19. The minimum absolute atomic E-state index is 0.0235. The third-order valence-electron chi connectivity index (χ3n) is 3.36. The lowest BCUT2D eigenvalue weighted by Crippen LogP contribution is -2.15. The molecule has 0 atom stereocenters. The summed E-state index contributed by atoms with van der Waals surface area (Å²) in [6.07, 6.45) is 1.37. The van der Waals surface area contributed by atoms with Crippen LogP contribution >= 0.6 is 34.2 Å². The summed E-state index contributed by atoms with van der Waals surface area (Å²) in [5.74, 6) is -0.465. The zero-order valence-electron chi connectivity index (χ0n) is 13.2. The van der Waals surface area contributed by atoms with Gasteiger partial charge < -0.3 is 10.6 Å². The summed E-state index contributed by atoms with van der Waals surface area (Å²) < 4.78 is 1.08. The van der Waals surface area contributed by atoms with Gasteiger partial charge >= 0.3 is 0 Å². The Labute approximate surface area is 159 Å². The van der Waals surface area contributed by atoms with Gasteiger partial charge in [-0.05, 0) is 77.9 Å². The van der Waals surface area contributed by atoms with Gasteiger partial charge in [-0.15, -0.1) is 0 Å². The molecule has 0 aliphatic heterocycles. The first kappa shape index (κ1) is 18.3. The normalized spacial score (nSPS) is 10.9. The first-order chi connectivity index (χ1) is 11.4. The van der Waals surface area contributed by atoms with Crippen molar-refractivity contribution in [2.24, 2.45) is 0 Å². The Morgan fingerprint density at radius 3 is 2.58 bits per heavy atom. The quantitative estimate of drug-likeness (QED) is 0.390. The van der Waals surface area contributed by atoms with Crippen LogP contribution in [0.25, 0.3) is 0 Å². The molecule has 24 heavy (non-hydrogen) atoms. The first-order valence-electron chi connectivity index (χ1n) is 7.11. The lowest BCUT2D eigenvalue weighted by atomic mass is 10.2. The number of carbonyl (C=O) groups excluding carboxylic acids is 1. The zero-order chi connectivity index (χ0) is 17.7. The molecule has 0 saturated carbocycles. The molecule has 1 amide bonds. The van der Waals surface area contributed by atoms with Crippen LogP contribution in [0.15, 0.2) is 48.2 Å². The van der Waals surface area contributed by atoms with Gasteiger partial charge in [-0.1, -0.05) is 17.7 Å². The maximum Gasteiger partial charge on any atom is 0.267 e. The zero-order valence-corrected chi connectivity index (χ0v) is 16.1. The summed E-state index contributed by atoms with van der Waals surface area (Å²) in [4.78, 5) is 12.3. The van der Waals surface area contributed by atoms with Gasteiger partial charge in [0.05, 0.1) is 0 Å². The van der Waals surface area contributed by atoms with E-state index in [4.69, 9.17) is 11.6 Å². The fourth-order valence-electron chi connectivity index (χ4n) is 1.94. The third-order valence-corrected chi connectivity index (χ3v) is 4.43. The van der Waals surface area contributed by atoms with Gasteiger partial charge in [0.1, 0.15) is 11.6 Å². The molecule has 0 spiro atoms. The van der Waals surface area contributed by atoms with Gasteiger partial charge in [0.15, 0.2) is 0 Å². The molecule has 0 unspecified atom stereocenters. The second-order valence-corrected chi connectivity index (χ2v) is 6.84. The molecule has 2 aromatic rings. The third kappa shape index (κ3) is 4.73. The van der Waals surface area contributed by atoms with Crippen LogP contribution in [0.3, 0.4) is 0 Å². The Bertz CT molecular complexity index is 856. The fraction of sp³-hybridized carbons (Fsp3) is 0.111. The van der Waals surface area contributed by atoms with E-state index in [0.717, 1.165) is 14.7 Å². The summed E-state index contributed by atoms with van der Waals surface area (Å²) >= 11 is 8.26. The largest absolute Gasteiger partial charge is 0.360 e. The van der Waals surface area contributed by atoms with Gasteiger partial charge in [0.25, 0.3) is 5.91 Å². The minimum Gasteiger partial charge on any atom is -0.360 e. The molecule has 0 aliphatic rings. The Morgan fingerprint density at radius 2 is 1.96 bits per heavy atom. The predicted molar refractivity (Wildman–Crippen MR) is 106 cm³/mol. The number of nitriles is 1. The molecule has 2 aromatic carbocycles. The SMILES string of the molecule is Cc1ccc(N/C=C(/C#N)C(=O)Nc2ccc(I)cc2C)cc1Cl. The molecule has 0 saturated heterocycles. The number of hydrogen-bond donors (Lipinski definition) is 2. The van der Waals surface area contributed by atoms with E-state index in [1.54, 1.807) is 6.07 Å². The van der Waals surface area contributed by atoms with Crippen molar-refractivity contribution in [3.05, 3.63) is 67.9 Å². The van der Waals surface area contributed by atoms with Gasteiger partial charge in [0, 0.05) is 26.2 Å². The highest BCUT2D eigenvalue weighted by Gasteiger charge is 2.11. The number of benzene rings is 2. The van der Waals surface area contributed by atoms with Crippen molar-refractivity contribution in [1.82, 2.24) is 0 Å². The van der Waals surface area contributed by atoms with Crippen molar-refractivity contribution < 1.29 is 4.79 Å². The minimum atomic E-state index is -0.465. The van der Waals surface area contributed by atoms with Gasteiger partial charge in [-0.25, -0.2) is 0 Å². The Balaban J connectivity index is 2.13. The van der Waals surface area contributed by atoms with Crippen molar-refractivity contribution in [2.75, 3.05) is 10.6 Å². The van der Waals surface area contributed by atoms with E-state index in [0.29, 0.717) is 16.4 Å². The molecule has 0 radical (unpaired) electrons. The molecule has 6 heteroatoms. The van der Waals surface area contributed by atoms with Crippen LogP contribution in [-0.4, -0.2) is 5.91 Å². The molecule has 122 valence electrons. The molecule has 0 fully saturated rings. The summed E-state index contributed by atoms with van der Waals surface area (Å²) in [5, 5.41) is 15.5. The summed E-state index contributed by atoms with van der Waals surface area (Å²) in [6, 6.07) is 13.0.